The molecule has 94 valence electrons. The summed E-state index contributed by atoms with van der Waals surface area (Å²) in [6.07, 6.45) is 0. The first-order valence-corrected chi connectivity index (χ1v) is 6.56. The molecule has 0 radical (unpaired) electrons. The van der Waals surface area contributed by atoms with Crippen LogP contribution in [0.4, 0.5) is 5.69 Å². The van der Waals surface area contributed by atoms with Crippen LogP contribution in [-0.4, -0.2) is 26.7 Å². The third-order valence-electron chi connectivity index (χ3n) is 3.83. The Hall–Kier alpha value is -1.02. The molecule has 2 heteroatoms. The number of nitrogens with one attached hydrogen (secondary N) is 1. The van der Waals surface area contributed by atoms with Crippen LogP contribution in [0.25, 0.3) is 0 Å². The van der Waals surface area contributed by atoms with Crippen LogP contribution in [-0.2, 0) is 0 Å². The third-order valence-corrected chi connectivity index (χ3v) is 3.83. The second kappa shape index (κ2) is 5.09. The van der Waals surface area contributed by atoms with Crippen molar-refractivity contribution in [2.24, 2.45) is 11.8 Å². The van der Waals surface area contributed by atoms with E-state index >= 15 is 0 Å². The van der Waals surface area contributed by atoms with E-state index in [2.05, 4.69) is 56.2 Å². The number of aryl methyl sites for hydroxylation is 2. The van der Waals surface area contributed by atoms with Gasteiger partial charge in [-0.2, -0.15) is 0 Å². The minimum Gasteiger partial charge on any atom is -0.374 e. The van der Waals surface area contributed by atoms with Crippen molar-refractivity contribution in [1.82, 2.24) is 5.32 Å². The molecule has 17 heavy (non-hydrogen) atoms. The Balaban J connectivity index is 2.06. The van der Waals surface area contributed by atoms with E-state index in [0.29, 0.717) is 0 Å². The predicted octanol–water partition coefficient (Wildman–Crippen LogP) is 2.60. The van der Waals surface area contributed by atoms with Gasteiger partial charge >= 0.3 is 0 Å². The quantitative estimate of drug-likeness (QED) is 0.862. The van der Waals surface area contributed by atoms with Crippen LogP contribution in [0.5, 0.6) is 0 Å². The Bertz CT molecular complexity index is 366. The standard InChI is InChI=1S/C15H24N2/c1-11-5-12(2)7-15(6-11)17(4)10-14-9-16-8-13(14)3/h5-7,13-14,16H,8-10H2,1-4H3/t13-,14+/m1/s1. The molecule has 1 N–H and O–H groups in total. The van der Waals surface area contributed by atoms with Crippen molar-refractivity contribution in [2.45, 2.75) is 20.8 Å². The molecular weight excluding hydrogens is 208 g/mol. The van der Waals surface area contributed by atoms with Crippen LogP contribution in [0.1, 0.15) is 18.1 Å². The van der Waals surface area contributed by atoms with Gasteiger partial charge in [-0.15, -0.1) is 0 Å². The Kier molecular flexibility index (Phi) is 3.72. The summed E-state index contributed by atoms with van der Waals surface area (Å²) in [5.41, 5.74) is 4.05. The average molecular weight is 232 g/mol. The Labute approximate surface area is 105 Å². The van der Waals surface area contributed by atoms with Gasteiger partial charge in [0.1, 0.15) is 0 Å². The predicted molar refractivity (Wildman–Crippen MR) is 74.7 cm³/mol. The van der Waals surface area contributed by atoms with E-state index in [1.54, 1.807) is 0 Å². The molecule has 1 aliphatic rings. The third kappa shape index (κ3) is 3.01. The molecule has 0 amide bonds. The van der Waals surface area contributed by atoms with E-state index in [1.807, 2.05) is 0 Å². The van der Waals surface area contributed by atoms with Gasteiger partial charge in [-0.1, -0.05) is 13.0 Å². The van der Waals surface area contributed by atoms with E-state index in [4.69, 9.17) is 0 Å². The molecule has 1 aromatic rings. The lowest BCUT2D eigenvalue weighted by Gasteiger charge is -2.25. The molecule has 2 nitrogen and oxygen atoms in total. The first kappa shape index (κ1) is 12.4. The number of hydrogen-bond donors (Lipinski definition) is 1. The lowest BCUT2D eigenvalue weighted by molar-refractivity contribution is 0.455. The first-order valence-electron chi connectivity index (χ1n) is 6.56. The highest BCUT2D eigenvalue weighted by molar-refractivity contribution is 5.50. The second-order valence-corrected chi connectivity index (χ2v) is 5.62. The number of anilines is 1. The van der Waals surface area contributed by atoms with E-state index in [0.717, 1.165) is 24.9 Å². The average Bonchev–Trinajstić information content (AvgIpc) is 2.63. The minimum atomic E-state index is 0.779. The molecule has 1 saturated heterocycles. The highest BCUT2D eigenvalue weighted by Gasteiger charge is 2.24. The van der Waals surface area contributed by atoms with Gasteiger partial charge in [0.05, 0.1) is 0 Å². The first-order chi connectivity index (χ1) is 8.06. The molecule has 0 saturated carbocycles. The smallest absolute Gasteiger partial charge is 0.0369 e. The highest BCUT2D eigenvalue weighted by atomic mass is 15.1. The summed E-state index contributed by atoms with van der Waals surface area (Å²) in [5, 5.41) is 3.48. The van der Waals surface area contributed by atoms with Gasteiger partial charge in [0.2, 0.25) is 0 Å². The van der Waals surface area contributed by atoms with Crippen molar-refractivity contribution in [3.8, 4) is 0 Å². The second-order valence-electron chi connectivity index (χ2n) is 5.62. The molecule has 2 rings (SSSR count). The molecule has 0 unspecified atom stereocenters. The summed E-state index contributed by atoms with van der Waals surface area (Å²) in [6.45, 7) is 10.2. The molecule has 0 aliphatic carbocycles. The molecule has 1 aliphatic heterocycles. The molecule has 1 heterocycles. The van der Waals surface area contributed by atoms with E-state index in [1.165, 1.54) is 23.4 Å². The van der Waals surface area contributed by atoms with Gasteiger partial charge in [0.25, 0.3) is 0 Å². The number of nitrogens with zero attached hydrogens (tertiary/aromatic N) is 1. The van der Waals surface area contributed by atoms with E-state index in [-0.39, 0.29) is 0 Å². The van der Waals surface area contributed by atoms with Crippen molar-refractivity contribution >= 4 is 5.69 Å². The van der Waals surface area contributed by atoms with Crippen LogP contribution in [0.15, 0.2) is 18.2 Å². The lowest BCUT2D eigenvalue weighted by atomic mass is 9.97. The van der Waals surface area contributed by atoms with Gasteiger partial charge < -0.3 is 10.2 Å². The normalized spacial score (nSPS) is 24.0. The fourth-order valence-corrected chi connectivity index (χ4v) is 2.74. The van der Waals surface area contributed by atoms with Crippen LogP contribution < -0.4 is 10.2 Å². The highest BCUT2D eigenvalue weighted by Crippen LogP contribution is 2.22. The minimum absolute atomic E-state index is 0.779. The van der Waals surface area contributed by atoms with E-state index in [9.17, 15) is 0 Å². The molecule has 1 aromatic carbocycles. The number of benzene rings is 1. The van der Waals surface area contributed by atoms with Crippen molar-refractivity contribution in [3.63, 3.8) is 0 Å². The van der Waals surface area contributed by atoms with Crippen LogP contribution in [0.2, 0.25) is 0 Å². The molecule has 0 spiro atoms. The molecule has 0 bridgehead atoms. The van der Waals surface area contributed by atoms with Gasteiger partial charge in [-0.25, -0.2) is 0 Å². The van der Waals surface area contributed by atoms with E-state index < -0.39 is 0 Å². The monoisotopic (exact) mass is 232 g/mol. The van der Waals surface area contributed by atoms with Crippen LogP contribution in [0, 0.1) is 25.7 Å². The fourth-order valence-electron chi connectivity index (χ4n) is 2.74. The van der Waals surface area contributed by atoms with Crippen molar-refractivity contribution in [1.29, 1.82) is 0 Å². The number of rotatable bonds is 3. The van der Waals surface area contributed by atoms with Gasteiger partial charge in [-0.3, -0.25) is 0 Å². The number of hydrogen-bond acceptors (Lipinski definition) is 2. The summed E-state index contributed by atoms with van der Waals surface area (Å²) < 4.78 is 0. The SMILES string of the molecule is Cc1cc(C)cc(N(C)C[C@@H]2CNC[C@H]2C)c1. The Morgan fingerprint density at radius 1 is 1.18 bits per heavy atom. The van der Waals surface area contributed by atoms with Gasteiger partial charge in [0, 0.05) is 19.3 Å². The maximum Gasteiger partial charge on any atom is 0.0369 e. The van der Waals surface area contributed by atoms with Crippen LogP contribution >= 0.6 is 0 Å². The zero-order valence-corrected chi connectivity index (χ0v) is 11.5. The summed E-state index contributed by atoms with van der Waals surface area (Å²) in [5.74, 6) is 1.57. The zero-order chi connectivity index (χ0) is 12.4. The molecule has 1 fully saturated rings. The molecular formula is C15H24N2. The summed E-state index contributed by atoms with van der Waals surface area (Å²) in [7, 11) is 2.21. The topological polar surface area (TPSA) is 15.3 Å². The zero-order valence-electron chi connectivity index (χ0n) is 11.5. The lowest BCUT2D eigenvalue weighted by Crippen LogP contribution is -2.29. The van der Waals surface area contributed by atoms with Gasteiger partial charge in [-0.05, 0) is 62.0 Å². The van der Waals surface area contributed by atoms with Gasteiger partial charge in [0.15, 0.2) is 0 Å². The molecule has 0 aromatic heterocycles. The Morgan fingerprint density at radius 2 is 1.82 bits per heavy atom. The molecule has 2 atom stereocenters. The summed E-state index contributed by atoms with van der Waals surface area (Å²) in [6, 6.07) is 6.79. The Morgan fingerprint density at radius 3 is 2.35 bits per heavy atom. The van der Waals surface area contributed by atoms with Crippen molar-refractivity contribution in [2.75, 3.05) is 31.6 Å². The largest absolute Gasteiger partial charge is 0.374 e. The summed E-state index contributed by atoms with van der Waals surface area (Å²) >= 11 is 0. The van der Waals surface area contributed by atoms with Crippen LogP contribution in [0.3, 0.4) is 0 Å². The van der Waals surface area contributed by atoms with Crippen molar-refractivity contribution < 1.29 is 0 Å². The van der Waals surface area contributed by atoms with Crippen molar-refractivity contribution in [3.05, 3.63) is 29.3 Å². The fraction of sp³-hybridized carbons (Fsp3) is 0.600. The maximum atomic E-state index is 3.48. The maximum absolute atomic E-state index is 3.48. The summed E-state index contributed by atoms with van der Waals surface area (Å²) in [4.78, 5) is 2.40.